The van der Waals surface area contributed by atoms with Gasteiger partial charge in [0.1, 0.15) is 5.78 Å². The van der Waals surface area contributed by atoms with Gasteiger partial charge >= 0.3 is 0 Å². The van der Waals surface area contributed by atoms with Gasteiger partial charge in [-0.1, -0.05) is 51.1 Å². The van der Waals surface area contributed by atoms with Gasteiger partial charge in [0.15, 0.2) is 0 Å². The molecule has 1 aliphatic heterocycles. The Morgan fingerprint density at radius 2 is 1.76 bits per heavy atom. The van der Waals surface area contributed by atoms with E-state index in [0.29, 0.717) is 12.2 Å². The molecule has 0 aromatic heterocycles. The highest BCUT2D eigenvalue weighted by Gasteiger charge is 2.23. The van der Waals surface area contributed by atoms with Crippen LogP contribution >= 0.6 is 0 Å². The molecule has 0 atom stereocenters. The van der Waals surface area contributed by atoms with Crippen molar-refractivity contribution in [3.63, 3.8) is 0 Å². The Labute approximate surface area is 129 Å². The minimum atomic E-state index is -0.189. The fourth-order valence-corrected chi connectivity index (χ4v) is 3.00. The molecule has 0 aliphatic carbocycles. The van der Waals surface area contributed by atoms with E-state index in [0.717, 1.165) is 25.6 Å². The number of rotatable bonds is 5. The number of hydrogen-bond acceptors (Lipinski definition) is 2. The van der Waals surface area contributed by atoms with E-state index in [1.807, 2.05) is 20.8 Å². The van der Waals surface area contributed by atoms with E-state index in [4.69, 9.17) is 0 Å². The second kappa shape index (κ2) is 7.22. The minimum absolute atomic E-state index is 0.189. The van der Waals surface area contributed by atoms with Crippen LogP contribution in [0, 0.1) is 11.3 Å². The third kappa shape index (κ3) is 5.28. The zero-order valence-electron chi connectivity index (χ0n) is 13.8. The molecule has 1 aromatic carbocycles. The van der Waals surface area contributed by atoms with Crippen molar-refractivity contribution in [3.8, 4) is 0 Å². The Morgan fingerprint density at radius 1 is 1.14 bits per heavy atom. The Balaban J connectivity index is 1.70. The van der Waals surface area contributed by atoms with E-state index < -0.39 is 0 Å². The van der Waals surface area contributed by atoms with Gasteiger partial charge in [-0.25, -0.2) is 0 Å². The van der Waals surface area contributed by atoms with Gasteiger partial charge in [-0.05, 0) is 43.8 Å². The lowest BCUT2D eigenvalue weighted by atomic mass is 9.88. The molecule has 0 spiro atoms. The first-order valence-electron chi connectivity index (χ1n) is 8.25. The van der Waals surface area contributed by atoms with E-state index in [-0.39, 0.29) is 5.41 Å². The molecule has 1 aromatic rings. The summed E-state index contributed by atoms with van der Waals surface area (Å²) in [5, 5.41) is 0. The summed E-state index contributed by atoms with van der Waals surface area (Å²) in [5.74, 6) is 1.19. The standard InChI is InChI=1S/C19H29NO/c1-19(2,3)18(21)11-14-20-12-9-17(10-13-20)15-16-7-5-4-6-8-16/h4-8,17H,9-15H2,1-3H3. The molecular formula is C19H29NO. The van der Waals surface area contributed by atoms with E-state index in [1.54, 1.807) is 0 Å². The highest BCUT2D eigenvalue weighted by atomic mass is 16.1. The summed E-state index contributed by atoms with van der Waals surface area (Å²) in [6.45, 7) is 9.28. The van der Waals surface area contributed by atoms with Crippen molar-refractivity contribution in [2.45, 2.75) is 46.5 Å². The first-order chi connectivity index (χ1) is 9.95. The molecule has 116 valence electrons. The number of ketones is 1. The topological polar surface area (TPSA) is 20.3 Å². The predicted molar refractivity (Wildman–Crippen MR) is 88.4 cm³/mol. The Morgan fingerprint density at radius 3 is 2.33 bits per heavy atom. The summed E-state index contributed by atoms with van der Waals surface area (Å²) in [7, 11) is 0. The summed E-state index contributed by atoms with van der Waals surface area (Å²) in [5.41, 5.74) is 1.27. The maximum Gasteiger partial charge on any atom is 0.139 e. The number of likely N-dealkylation sites (tertiary alicyclic amines) is 1. The van der Waals surface area contributed by atoms with Crippen LogP contribution in [0.2, 0.25) is 0 Å². The fraction of sp³-hybridized carbons (Fsp3) is 0.632. The van der Waals surface area contributed by atoms with Crippen LogP contribution in [0.25, 0.3) is 0 Å². The molecule has 21 heavy (non-hydrogen) atoms. The molecule has 0 unspecified atom stereocenters. The van der Waals surface area contributed by atoms with E-state index in [2.05, 4.69) is 35.2 Å². The smallest absolute Gasteiger partial charge is 0.139 e. The Bertz CT molecular complexity index is 438. The molecule has 0 amide bonds. The number of piperidine rings is 1. The molecule has 0 N–H and O–H groups in total. The van der Waals surface area contributed by atoms with Gasteiger partial charge in [0, 0.05) is 18.4 Å². The number of benzene rings is 1. The second-order valence-electron chi connectivity index (χ2n) is 7.40. The summed E-state index contributed by atoms with van der Waals surface area (Å²) in [4.78, 5) is 14.4. The zero-order valence-corrected chi connectivity index (χ0v) is 13.8. The van der Waals surface area contributed by atoms with Crippen LogP contribution in [0.1, 0.15) is 45.6 Å². The van der Waals surface area contributed by atoms with Crippen molar-refractivity contribution < 1.29 is 4.79 Å². The van der Waals surface area contributed by atoms with Crippen LogP contribution in [0.15, 0.2) is 30.3 Å². The lowest BCUT2D eigenvalue weighted by molar-refractivity contribution is -0.126. The SMILES string of the molecule is CC(C)(C)C(=O)CCN1CCC(Cc2ccccc2)CC1. The van der Waals surface area contributed by atoms with E-state index in [9.17, 15) is 4.79 Å². The van der Waals surface area contributed by atoms with Crippen LogP contribution in [0.4, 0.5) is 0 Å². The van der Waals surface area contributed by atoms with E-state index >= 15 is 0 Å². The maximum atomic E-state index is 12.0. The molecule has 1 heterocycles. The number of carbonyl (C=O) groups excluding carboxylic acids is 1. The molecule has 2 rings (SSSR count). The maximum absolute atomic E-state index is 12.0. The van der Waals surface area contributed by atoms with Crippen molar-refractivity contribution in [2.75, 3.05) is 19.6 Å². The van der Waals surface area contributed by atoms with Gasteiger partial charge in [-0.2, -0.15) is 0 Å². The van der Waals surface area contributed by atoms with Crippen molar-refractivity contribution in [2.24, 2.45) is 11.3 Å². The van der Waals surface area contributed by atoms with Crippen molar-refractivity contribution in [1.82, 2.24) is 4.90 Å². The highest BCUT2D eigenvalue weighted by Crippen LogP contribution is 2.23. The predicted octanol–water partition coefficient (Wildman–Crippen LogP) is 3.95. The van der Waals surface area contributed by atoms with Gasteiger partial charge < -0.3 is 4.90 Å². The van der Waals surface area contributed by atoms with Crippen LogP contribution in [0.5, 0.6) is 0 Å². The fourth-order valence-electron chi connectivity index (χ4n) is 3.00. The van der Waals surface area contributed by atoms with Gasteiger partial charge in [0.05, 0.1) is 0 Å². The average molecular weight is 287 g/mol. The quantitative estimate of drug-likeness (QED) is 0.817. The third-order valence-electron chi connectivity index (χ3n) is 4.57. The number of Topliss-reactive ketones (excluding diaryl/α,β-unsaturated/α-hetero) is 1. The number of carbonyl (C=O) groups is 1. The van der Waals surface area contributed by atoms with Crippen molar-refractivity contribution in [1.29, 1.82) is 0 Å². The summed E-state index contributed by atoms with van der Waals surface area (Å²) in [6.07, 6.45) is 4.43. The number of hydrogen-bond donors (Lipinski definition) is 0. The Kier molecular flexibility index (Phi) is 5.58. The first-order valence-corrected chi connectivity index (χ1v) is 8.25. The minimum Gasteiger partial charge on any atom is -0.303 e. The second-order valence-corrected chi connectivity index (χ2v) is 7.40. The largest absolute Gasteiger partial charge is 0.303 e. The van der Waals surface area contributed by atoms with Crippen LogP contribution in [-0.2, 0) is 11.2 Å². The first kappa shape index (κ1) is 16.2. The Hall–Kier alpha value is -1.15. The molecule has 0 bridgehead atoms. The van der Waals surface area contributed by atoms with Crippen LogP contribution < -0.4 is 0 Å². The lowest BCUT2D eigenvalue weighted by Gasteiger charge is -2.32. The highest BCUT2D eigenvalue weighted by molar-refractivity contribution is 5.83. The molecule has 0 saturated carbocycles. The summed E-state index contributed by atoms with van der Waals surface area (Å²) < 4.78 is 0. The van der Waals surface area contributed by atoms with Crippen LogP contribution in [0.3, 0.4) is 0 Å². The molecule has 1 fully saturated rings. The third-order valence-corrected chi connectivity index (χ3v) is 4.57. The average Bonchev–Trinajstić information content (AvgIpc) is 2.46. The summed E-state index contributed by atoms with van der Waals surface area (Å²) >= 11 is 0. The molecule has 2 nitrogen and oxygen atoms in total. The molecular weight excluding hydrogens is 258 g/mol. The molecule has 1 saturated heterocycles. The normalized spacial score (nSPS) is 17.9. The monoisotopic (exact) mass is 287 g/mol. The van der Waals surface area contributed by atoms with Crippen molar-refractivity contribution in [3.05, 3.63) is 35.9 Å². The van der Waals surface area contributed by atoms with Gasteiger partial charge in [-0.15, -0.1) is 0 Å². The van der Waals surface area contributed by atoms with Gasteiger partial charge in [0.2, 0.25) is 0 Å². The van der Waals surface area contributed by atoms with E-state index in [1.165, 1.54) is 24.8 Å². The number of nitrogens with zero attached hydrogens (tertiary/aromatic N) is 1. The zero-order chi connectivity index (χ0) is 15.3. The van der Waals surface area contributed by atoms with Gasteiger partial charge in [-0.3, -0.25) is 4.79 Å². The molecule has 2 heteroatoms. The van der Waals surface area contributed by atoms with Crippen molar-refractivity contribution >= 4 is 5.78 Å². The summed E-state index contributed by atoms with van der Waals surface area (Å²) in [6, 6.07) is 10.8. The molecule has 0 radical (unpaired) electrons. The van der Waals surface area contributed by atoms with Gasteiger partial charge in [0.25, 0.3) is 0 Å². The lowest BCUT2D eigenvalue weighted by Crippen LogP contribution is -2.36. The van der Waals surface area contributed by atoms with Crippen LogP contribution in [-0.4, -0.2) is 30.3 Å². The molecule has 1 aliphatic rings.